The molecule has 0 radical (unpaired) electrons. The summed E-state index contributed by atoms with van der Waals surface area (Å²) in [6.45, 7) is 11.1. The summed E-state index contributed by atoms with van der Waals surface area (Å²) in [5, 5.41) is 1.47. The Labute approximate surface area is 233 Å². The lowest BCUT2D eigenvalue weighted by molar-refractivity contribution is -0.545. The van der Waals surface area contributed by atoms with Crippen molar-refractivity contribution in [2.45, 2.75) is 79.2 Å². The lowest BCUT2D eigenvalue weighted by atomic mass is 9.92. The summed E-state index contributed by atoms with van der Waals surface area (Å²) in [6, 6.07) is 9.97. The van der Waals surface area contributed by atoms with Crippen LogP contribution in [0.4, 0.5) is 0 Å². The topological polar surface area (TPSA) is 21.5 Å². The maximum Gasteiger partial charge on any atom is 0.184 e. The molecule has 0 amide bonds. The van der Waals surface area contributed by atoms with Crippen LogP contribution in [0.15, 0.2) is 53.6 Å². The predicted octanol–water partition coefficient (Wildman–Crippen LogP) is 9.21. The van der Waals surface area contributed by atoms with Crippen LogP contribution in [-0.4, -0.2) is 30.5 Å². The number of halogens is 2. The minimum Gasteiger partial charge on any atom is -0.493 e. The van der Waals surface area contributed by atoms with Gasteiger partial charge in [-0.15, -0.1) is 0 Å². The normalized spacial score (nSPS) is 13.4. The Morgan fingerprint density at radius 2 is 1.86 bits per heavy atom. The largest absolute Gasteiger partial charge is 0.493 e. The van der Waals surface area contributed by atoms with Gasteiger partial charge in [0.15, 0.2) is 23.8 Å². The van der Waals surface area contributed by atoms with E-state index >= 15 is 0 Å². The number of nitrogens with zero attached hydrogens (tertiary/aromatic N) is 1. The van der Waals surface area contributed by atoms with Gasteiger partial charge in [0.05, 0.1) is 18.7 Å². The summed E-state index contributed by atoms with van der Waals surface area (Å²) < 4.78 is 14.5. The number of fused-ring (bicyclic) bond motifs is 1. The fraction of sp³-hybridized carbons (Fsp3) is 0.469. The van der Waals surface area contributed by atoms with E-state index in [0.717, 1.165) is 80.1 Å². The van der Waals surface area contributed by atoms with Gasteiger partial charge in [-0.05, 0) is 76.8 Å². The maximum absolute atomic E-state index is 6.57. The first-order valence-electron chi connectivity index (χ1n) is 13.5. The first-order valence-corrected chi connectivity index (χ1v) is 14.3. The molecule has 1 aliphatic rings. The molecule has 0 bridgehead atoms. The van der Waals surface area contributed by atoms with E-state index in [0.29, 0.717) is 11.6 Å². The van der Waals surface area contributed by atoms with Crippen molar-refractivity contribution in [3.63, 3.8) is 0 Å². The molecule has 1 heterocycles. The number of unbranched alkanes of at least 4 members (excludes halogenated alkanes) is 1. The second-order valence-corrected chi connectivity index (χ2v) is 10.9. The van der Waals surface area contributed by atoms with Crippen molar-refractivity contribution < 1.29 is 14.0 Å². The Morgan fingerprint density at radius 3 is 2.59 bits per heavy atom. The van der Waals surface area contributed by atoms with Crippen LogP contribution in [-0.2, 0) is 13.0 Å². The van der Waals surface area contributed by atoms with E-state index in [2.05, 4.69) is 56.6 Å². The SMILES string of the molecule is CCCCOc1c(OC)ccc2c1CC[N+](Cc1cc(Cl)ccc1Cl)=C2CCC=C(C)CCC=C(C)C. The van der Waals surface area contributed by atoms with Crippen molar-refractivity contribution >= 4 is 28.9 Å². The molecule has 0 N–H and O–H groups in total. The summed E-state index contributed by atoms with van der Waals surface area (Å²) in [5.74, 6) is 1.72. The molecular formula is C32H42Cl2NO2+. The van der Waals surface area contributed by atoms with Crippen molar-refractivity contribution in [1.29, 1.82) is 0 Å². The minimum atomic E-state index is 0.702. The molecule has 0 unspecified atom stereocenters. The number of ether oxygens (including phenoxy) is 2. The zero-order chi connectivity index (χ0) is 26.8. The standard InChI is InChI=1S/C32H42Cl2NO2/c1-6-7-20-37-32-28-18-19-35(22-25-21-26(33)14-16-29(25)34)30(27(28)15-17-31(32)36-5)13-9-12-24(4)11-8-10-23(2)3/h10,12,14-17,21H,6-9,11,13,18-20,22H2,1-5H3/q+1. The van der Waals surface area contributed by atoms with Crippen LogP contribution in [0.25, 0.3) is 0 Å². The van der Waals surface area contributed by atoms with Crippen LogP contribution in [0.5, 0.6) is 11.5 Å². The van der Waals surface area contributed by atoms with E-state index in [4.69, 9.17) is 32.7 Å². The molecule has 0 aliphatic carbocycles. The molecule has 0 fully saturated rings. The highest BCUT2D eigenvalue weighted by molar-refractivity contribution is 6.33. The van der Waals surface area contributed by atoms with Crippen LogP contribution in [0, 0.1) is 0 Å². The summed E-state index contributed by atoms with van der Waals surface area (Å²) >= 11 is 12.9. The monoisotopic (exact) mass is 542 g/mol. The lowest BCUT2D eigenvalue weighted by Gasteiger charge is -2.23. The van der Waals surface area contributed by atoms with Gasteiger partial charge in [0, 0.05) is 34.6 Å². The fourth-order valence-corrected chi connectivity index (χ4v) is 5.17. The van der Waals surface area contributed by atoms with Crippen molar-refractivity contribution in [3.8, 4) is 11.5 Å². The molecule has 0 spiro atoms. The van der Waals surface area contributed by atoms with Gasteiger partial charge in [-0.25, -0.2) is 4.58 Å². The zero-order valence-corrected chi connectivity index (χ0v) is 24.6. The summed E-state index contributed by atoms with van der Waals surface area (Å²) in [6.07, 6.45) is 11.9. The summed E-state index contributed by atoms with van der Waals surface area (Å²) in [5.41, 5.74) is 7.71. The van der Waals surface area contributed by atoms with Gasteiger partial charge in [0.25, 0.3) is 0 Å². The molecule has 200 valence electrons. The second-order valence-electron chi connectivity index (χ2n) is 10.1. The minimum absolute atomic E-state index is 0.702. The number of methoxy groups -OCH3 is 1. The molecule has 3 nitrogen and oxygen atoms in total. The fourth-order valence-electron chi connectivity index (χ4n) is 4.80. The lowest BCUT2D eigenvalue weighted by Crippen LogP contribution is -2.30. The zero-order valence-electron chi connectivity index (χ0n) is 23.1. The van der Waals surface area contributed by atoms with E-state index in [1.54, 1.807) is 7.11 Å². The van der Waals surface area contributed by atoms with Crippen LogP contribution in [0.2, 0.25) is 10.0 Å². The predicted molar refractivity (Wildman–Crippen MR) is 158 cm³/mol. The third-order valence-corrected chi connectivity index (χ3v) is 7.45. The average molecular weight is 544 g/mol. The van der Waals surface area contributed by atoms with Gasteiger partial charge < -0.3 is 9.47 Å². The molecular weight excluding hydrogens is 501 g/mol. The van der Waals surface area contributed by atoms with Crippen LogP contribution in [0.3, 0.4) is 0 Å². The third kappa shape index (κ3) is 8.38. The molecule has 0 saturated heterocycles. The van der Waals surface area contributed by atoms with E-state index in [9.17, 15) is 0 Å². The average Bonchev–Trinajstić information content (AvgIpc) is 2.87. The molecule has 0 saturated carbocycles. The first-order chi connectivity index (χ1) is 17.8. The summed E-state index contributed by atoms with van der Waals surface area (Å²) in [7, 11) is 1.72. The number of allylic oxidation sites excluding steroid dienone is 4. The van der Waals surface area contributed by atoms with Crippen LogP contribution >= 0.6 is 23.2 Å². The van der Waals surface area contributed by atoms with Crippen molar-refractivity contribution in [3.05, 3.63) is 80.4 Å². The number of benzene rings is 2. The van der Waals surface area contributed by atoms with E-state index in [1.807, 2.05) is 18.2 Å². The number of rotatable bonds is 13. The molecule has 0 aromatic heterocycles. The molecule has 5 heteroatoms. The van der Waals surface area contributed by atoms with Crippen molar-refractivity contribution in [1.82, 2.24) is 0 Å². The van der Waals surface area contributed by atoms with E-state index < -0.39 is 0 Å². The third-order valence-electron chi connectivity index (χ3n) is 6.85. The Bertz CT molecular complexity index is 1160. The Hall–Kier alpha value is -2.23. The van der Waals surface area contributed by atoms with Gasteiger partial charge >= 0.3 is 0 Å². The van der Waals surface area contributed by atoms with Crippen LogP contribution < -0.4 is 9.47 Å². The molecule has 37 heavy (non-hydrogen) atoms. The van der Waals surface area contributed by atoms with Gasteiger partial charge in [0.1, 0.15) is 6.54 Å². The number of hydrogen-bond donors (Lipinski definition) is 0. The Morgan fingerprint density at radius 1 is 1.05 bits per heavy atom. The first kappa shape index (κ1) is 29.3. The smallest absolute Gasteiger partial charge is 0.184 e. The highest BCUT2D eigenvalue weighted by atomic mass is 35.5. The van der Waals surface area contributed by atoms with Gasteiger partial charge in [-0.2, -0.15) is 0 Å². The van der Waals surface area contributed by atoms with Gasteiger partial charge in [0.2, 0.25) is 0 Å². The Balaban J connectivity index is 1.96. The van der Waals surface area contributed by atoms with E-state index in [1.165, 1.54) is 28.0 Å². The summed E-state index contributed by atoms with van der Waals surface area (Å²) in [4.78, 5) is 0. The molecule has 1 aliphatic heterocycles. The molecule has 3 rings (SSSR count). The highest BCUT2D eigenvalue weighted by Gasteiger charge is 2.30. The quantitative estimate of drug-likeness (QED) is 0.143. The second kappa shape index (κ2) is 14.6. The number of hydrogen-bond acceptors (Lipinski definition) is 2. The molecule has 2 aromatic rings. The maximum atomic E-state index is 6.57. The Kier molecular flexibility index (Phi) is 11.6. The molecule has 2 aromatic carbocycles. The highest BCUT2D eigenvalue weighted by Crippen LogP contribution is 2.37. The van der Waals surface area contributed by atoms with Crippen molar-refractivity contribution in [2.24, 2.45) is 0 Å². The molecule has 0 atom stereocenters. The van der Waals surface area contributed by atoms with Gasteiger partial charge in [-0.3, -0.25) is 0 Å². The van der Waals surface area contributed by atoms with Crippen molar-refractivity contribution in [2.75, 3.05) is 20.3 Å². The van der Waals surface area contributed by atoms with E-state index in [-0.39, 0.29) is 0 Å². The van der Waals surface area contributed by atoms with Gasteiger partial charge in [-0.1, -0.05) is 59.8 Å². The van der Waals surface area contributed by atoms with Crippen LogP contribution in [0.1, 0.15) is 82.9 Å².